The highest BCUT2D eigenvalue weighted by molar-refractivity contribution is 6.12. The van der Waals surface area contributed by atoms with Gasteiger partial charge in [-0.15, -0.1) is 0 Å². The topological polar surface area (TPSA) is 101 Å². The summed E-state index contributed by atoms with van der Waals surface area (Å²) in [6, 6.07) is 9.42. The minimum absolute atomic E-state index is 0.0565. The van der Waals surface area contributed by atoms with E-state index in [9.17, 15) is 0 Å². The predicted molar refractivity (Wildman–Crippen MR) is 148 cm³/mol. The Balaban J connectivity index is 1.88. The first-order chi connectivity index (χ1) is 17.7. The first-order valence-corrected chi connectivity index (χ1v) is 12.5. The van der Waals surface area contributed by atoms with E-state index in [1.165, 1.54) is 5.01 Å². The Labute approximate surface area is 220 Å². The lowest BCUT2D eigenvalue weighted by atomic mass is 10.0. The molecule has 3 N–H and O–H groups in total. The number of hydrogen-bond acceptors (Lipinski definition) is 7. The van der Waals surface area contributed by atoms with Crippen molar-refractivity contribution >= 4 is 11.7 Å². The fourth-order valence-corrected chi connectivity index (χ4v) is 4.08. The Hall–Kier alpha value is -3.75. The van der Waals surface area contributed by atoms with Crippen molar-refractivity contribution in [2.45, 2.75) is 47.3 Å². The van der Waals surface area contributed by atoms with Gasteiger partial charge in [0.25, 0.3) is 0 Å². The van der Waals surface area contributed by atoms with Crippen LogP contribution in [0, 0.1) is 10.8 Å². The van der Waals surface area contributed by atoms with Crippen molar-refractivity contribution in [3.8, 4) is 0 Å². The van der Waals surface area contributed by atoms with Gasteiger partial charge in [-0.3, -0.25) is 10.8 Å². The number of allylic oxidation sites excluding steroid dienone is 3. The molecule has 0 aliphatic carbocycles. The van der Waals surface area contributed by atoms with Crippen molar-refractivity contribution in [3.05, 3.63) is 100 Å². The molecule has 0 radical (unpaired) electrons. The van der Waals surface area contributed by atoms with Gasteiger partial charge >= 0.3 is 0 Å². The average molecular weight is 503 g/mol. The Morgan fingerprint density at radius 3 is 2.59 bits per heavy atom. The Morgan fingerprint density at radius 2 is 1.97 bits per heavy atom. The summed E-state index contributed by atoms with van der Waals surface area (Å²) in [6.45, 7) is 15.4. The highest BCUT2D eigenvalue weighted by Crippen LogP contribution is 2.33. The third-order valence-corrected chi connectivity index (χ3v) is 6.26. The fourth-order valence-electron chi connectivity index (χ4n) is 4.08. The maximum absolute atomic E-state index is 8.86. The molecule has 196 valence electrons. The average Bonchev–Trinajstić information content (AvgIpc) is 3.37. The highest BCUT2D eigenvalue weighted by Gasteiger charge is 2.37. The van der Waals surface area contributed by atoms with E-state index < -0.39 is 6.23 Å². The van der Waals surface area contributed by atoms with Crippen LogP contribution in [0.1, 0.15) is 63.4 Å². The van der Waals surface area contributed by atoms with Crippen LogP contribution < -0.4 is 5.32 Å². The number of rotatable bonds is 10. The number of nitrogens with zero attached hydrogens (tertiary/aromatic N) is 3. The zero-order chi connectivity index (χ0) is 27.1. The van der Waals surface area contributed by atoms with E-state index in [0.717, 1.165) is 34.5 Å². The van der Waals surface area contributed by atoms with Gasteiger partial charge in [0, 0.05) is 42.9 Å². The Kier molecular flexibility index (Phi) is 9.38. The smallest absolute Gasteiger partial charge is 0.171 e. The number of hydrazine groups is 1. The van der Waals surface area contributed by atoms with Crippen LogP contribution in [0.5, 0.6) is 0 Å². The summed E-state index contributed by atoms with van der Waals surface area (Å²) in [5.41, 5.74) is 6.04. The number of aryl methyl sites for hydroxylation is 1. The molecule has 0 spiro atoms. The third kappa shape index (κ3) is 6.15. The molecular weight excluding hydrogens is 464 g/mol. The van der Waals surface area contributed by atoms with Crippen molar-refractivity contribution in [1.82, 2.24) is 20.5 Å². The summed E-state index contributed by atoms with van der Waals surface area (Å²) in [6.07, 6.45) is 6.30. The van der Waals surface area contributed by atoms with Crippen LogP contribution in [0.15, 0.2) is 82.1 Å². The van der Waals surface area contributed by atoms with Crippen molar-refractivity contribution in [2.24, 2.45) is 0 Å². The van der Waals surface area contributed by atoms with E-state index in [1.807, 2.05) is 64.2 Å². The number of ether oxygens (including phenoxy) is 1. The number of likely N-dealkylation sites (N-methyl/N-ethyl adjacent to an activating group) is 1. The molecule has 3 rings (SSSR count). The van der Waals surface area contributed by atoms with Gasteiger partial charge in [0.2, 0.25) is 0 Å². The van der Waals surface area contributed by atoms with Crippen LogP contribution in [0.25, 0.3) is 0 Å². The zero-order valence-electron chi connectivity index (χ0n) is 22.7. The van der Waals surface area contributed by atoms with E-state index in [4.69, 9.17) is 20.1 Å². The molecule has 8 heteroatoms. The van der Waals surface area contributed by atoms with E-state index in [0.29, 0.717) is 30.0 Å². The number of aromatic nitrogens is 1. The SMILES string of the molecule is C=C(NCC)C(/C=C\C(COC1c2ccccc2C(=N)N(C(=N)c2cc(CC)on2)N1C)=C(C)C)=C/C. The molecule has 1 aromatic carbocycles. The molecule has 0 saturated carbocycles. The van der Waals surface area contributed by atoms with Crippen molar-refractivity contribution in [1.29, 1.82) is 10.8 Å². The standard InChI is InChI=1S/C29H38N6O2/c1-8-21(20(6)32-10-3)15-16-22(19(4)5)18-36-29-25-14-12-11-13-24(25)27(30)35(34(29)7)28(31)26-17-23(9-2)37-33-26/h8,11-17,29-32H,6,9-10,18H2,1-5,7H3/b16-15-,21-8+,30-27?,31-28?. The summed E-state index contributed by atoms with van der Waals surface area (Å²) < 4.78 is 11.8. The molecule has 1 aliphatic heterocycles. The van der Waals surface area contributed by atoms with Gasteiger partial charge in [-0.2, -0.15) is 5.01 Å². The number of benzene rings is 1. The van der Waals surface area contributed by atoms with Crippen LogP contribution in [0.3, 0.4) is 0 Å². The minimum atomic E-state index is -0.510. The van der Waals surface area contributed by atoms with Crippen molar-refractivity contribution in [2.75, 3.05) is 20.2 Å². The molecule has 0 bridgehead atoms. The molecule has 0 saturated heterocycles. The van der Waals surface area contributed by atoms with Gasteiger partial charge in [-0.1, -0.05) is 66.7 Å². The molecular formula is C29H38N6O2. The molecule has 1 aliphatic rings. The van der Waals surface area contributed by atoms with Crippen LogP contribution >= 0.6 is 0 Å². The van der Waals surface area contributed by atoms with Gasteiger partial charge in [0.05, 0.1) is 6.61 Å². The first-order valence-electron chi connectivity index (χ1n) is 12.5. The van der Waals surface area contributed by atoms with Gasteiger partial charge in [-0.05, 0) is 38.8 Å². The summed E-state index contributed by atoms with van der Waals surface area (Å²) in [4.78, 5) is 0. The van der Waals surface area contributed by atoms with Crippen LogP contribution in [-0.4, -0.2) is 47.0 Å². The quantitative estimate of drug-likeness (QED) is 0.218. The minimum Gasteiger partial charge on any atom is -0.385 e. The van der Waals surface area contributed by atoms with Gasteiger partial charge in [0.15, 0.2) is 17.8 Å². The largest absolute Gasteiger partial charge is 0.385 e. The lowest BCUT2D eigenvalue weighted by Gasteiger charge is -2.43. The molecule has 8 nitrogen and oxygen atoms in total. The normalized spacial score (nSPS) is 16.2. The molecule has 2 aromatic rings. The second-order valence-electron chi connectivity index (χ2n) is 8.98. The Morgan fingerprint density at radius 1 is 1.24 bits per heavy atom. The lowest BCUT2D eigenvalue weighted by molar-refractivity contribution is -0.100. The molecule has 37 heavy (non-hydrogen) atoms. The zero-order valence-corrected chi connectivity index (χ0v) is 22.7. The van der Waals surface area contributed by atoms with Crippen LogP contribution in [0.2, 0.25) is 0 Å². The summed E-state index contributed by atoms with van der Waals surface area (Å²) >= 11 is 0. The van der Waals surface area contributed by atoms with E-state index >= 15 is 0 Å². The van der Waals surface area contributed by atoms with E-state index in [-0.39, 0.29) is 11.7 Å². The molecule has 2 heterocycles. The fraction of sp³-hybridized carbons (Fsp3) is 0.345. The van der Waals surface area contributed by atoms with Crippen LogP contribution in [-0.2, 0) is 11.2 Å². The Bertz CT molecular complexity index is 1250. The lowest BCUT2D eigenvalue weighted by Crippen LogP contribution is -2.54. The number of fused-ring (bicyclic) bond motifs is 1. The van der Waals surface area contributed by atoms with Crippen molar-refractivity contribution in [3.63, 3.8) is 0 Å². The predicted octanol–water partition coefficient (Wildman–Crippen LogP) is 5.73. The molecule has 0 amide bonds. The number of nitrogens with one attached hydrogen (secondary N) is 3. The third-order valence-electron chi connectivity index (χ3n) is 6.26. The van der Waals surface area contributed by atoms with E-state index in [1.54, 1.807) is 11.1 Å². The highest BCUT2D eigenvalue weighted by atomic mass is 16.5. The summed E-state index contributed by atoms with van der Waals surface area (Å²) in [7, 11) is 1.82. The second-order valence-corrected chi connectivity index (χ2v) is 8.98. The molecule has 1 unspecified atom stereocenters. The second kappa shape index (κ2) is 12.5. The molecule has 1 atom stereocenters. The van der Waals surface area contributed by atoms with Gasteiger partial charge < -0.3 is 14.6 Å². The molecule has 1 aromatic heterocycles. The number of hydrogen-bond donors (Lipinski definition) is 3. The number of amidine groups is 2. The summed E-state index contributed by atoms with van der Waals surface area (Å²) in [5, 5.41) is 28.3. The summed E-state index contributed by atoms with van der Waals surface area (Å²) in [5.74, 6) is 0.934. The van der Waals surface area contributed by atoms with Crippen LogP contribution in [0.4, 0.5) is 0 Å². The maximum atomic E-state index is 8.86. The molecule has 0 fully saturated rings. The van der Waals surface area contributed by atoms with Gasteiger partial charge in [-0.25, -0.2) is 5.01 Å². The van der Waals surface area contributed by atoms with Crippen molar-refractivity contribution < 1.29 is 9.26 Å². The maximum Gasteiger partial charge on any atom is 0.171 e. The first kappa shape index (κ1) is 27.8. The van der Waals surface area contributed by atoms with E-state index in [2.05, 4.69) is 37.0 Å². The van der Waals surface area contributed by atoms with Gasteiger partial charge in [0.1, 0.15) is 11.6 Å². The monoisotopic (exact) mass is 502 g/mol.